The molecule has 0 aliphatic carbocycles. The molecule has 0 atom stereocenters. The maximum Gasteiger partial charge on any atom is 0.112 e. The van der Waals surface area contributed by atoms with Crippen molar-refractivity contribution < 1.29 is 4.39 Å². The highest BCUT2D eigenvalue weighted by molar-refractivity contribution is 7.95. The van der Waals surface area contributed by atoms with Crippen molar-refractivity contribution in [1.82, 2.24) is 0 Å². The lowest BCUT2D eigenvalue weighted by Crippen LogP contribution is -2.33. The van der Waals surface area contributed by atoms with Gasteiger partial charge >= 0.3 is 0 Å². The first kappa shape index (κ1) is 16.9. The van der Waals surface area contributed by atoms with Crippen molar-refractivity contribution in [2.45, 2.75) is 12.8 Å². The van der Waals surface area contributed by atoms with Crippen LogP contribution in [0.5, 0.6) is 0 Å². The molecule has 24 heavy (non-hydrogen) atoms. The Bertz CT molecular complexity index is 629. The zero-order valence-electron chi connectivity index (χ0n) is 13.8. The zero-order chi connectivity index (χ0) is 16.7. The van der Waals surface area contributed by atoms with Gasteiger partial charge in [0.15, 0.2) is 0 Å². The number of unbranched alkanes of at least 4 members (excludes halogenated alkanes) is 1. The molecule has 3 aromatic carbocycles. The van der Waals surface area contributed by atoms with Gasteiger partial charge in [-0.2, -0.15) is 0 Å². The molecule has 0 nitrogen and oxygen atoms in total. The quantitative estimate of drug-likeness (QED) is 0.432. The molecule has 0 saturated carbocycles. The molecule has 0 heterocycles. The summed E-state index contributed by atoms with van der Waals surface area (Å²) in [6.45, 7) is -0.238. The summed E-state index contributed by atoms with van der Waals surface area (Å²) in [7, 11) is -1.75. The molecule has 0 unspecified atom stereocenters. The minimum Gasteiger partial charge on any atom is -0.251 e. The minimum absolute atomic E-state index is 0.238. The van der Waals surface area contributed by atoms with Crippen LogP contribution in [0, 0.1) is 0 Å². The summed E-state index contributed by atoms with van der Waals surface area (Å²) in [5.41, 5.74) is 0. The standard InChI is InChI=1S/C22H23FP/c23-18-10-11-19-24(20-12-4-1-5-13-20,21-14-6-2-7-15-21)22-16-8-3-9-17-22/h1-9,12-17H,10-11,18-19H2/q+1. The first-order chi connectivity index (χ1) is 11.9. The van der Waals surface area contributed by atoms with Crippen LogP contribution >= 0.6 is 7.26 Å². The Hall–Kier alpha value is -1.98. The van der Waals surface area contributed by atoms with Gasteiger partial charge in [-0.1, -0.05) is 54.6 Å². The van der Waals surface area contributed by atoms with E-state index in [1.165, 1.54) is 15.9 Å². The molecule has 2 heteroatoms. The predicted octanol–water partition coefficient (Wildman–Crippen LogP) is 4.73. The molecular formula is C22H23FP+. The Kier molecular flexibility index (Phi) is 5.77. The molecule has 0 amide bonds. The fourth-order valence-electron chi connectivity index (χ4n) is 3.33. The van der Waals surface area contributed by atoms with Crippen LogP contribution in [0.25, 0.3) is 0 Å². The average Bonchev–Trinajstić information content (AvgIpc) is 2.68. The van der Waals surface area contributed by atoms with Crippen molar-refractivity contribution in [3.63, 3.8) is 0 Å². The lowest BCUT2D eigenvalue weighted by atomic mass is 10.3. The van der Waals surface area contributed by atoms with Gasteiger partial charge in [-0.15, -0.1) is 0 Å². The number of halogens is 1. The first-order valence-electron chi connectivity index (χ1n) is 8.49. The highest BCUT2D eigenvalue weighted by Crippen LogP contribution is 2.55. The number of rotatable bonds is 7. The molecule has 0 aliphatic heterocycles. The lowest BCUT2D eigenvalue weighted by molar-refractivity contribution is 0.470. The normalized spacial score (nSPS) is 11.4. The smallest absolute Gasteiger partial charge is 0.112 e. The molecular weight excluding hydrogens is 314 g/mol. The minimum atomic E-state index is -1.75. The van der Waals surface area contributed by atoms with Gasteiger partial charge in [-0.3, -0.25) is 4.39 Å². The van der Waals surface area contributed by atoms with E-state index in [0.717, 1.165) is 12.6 Å². The lowest BCUT2D eigenvalue weighted by Gasteiger charge is -2.27. The van der Waals surface area contributed by atoms with E-state index in [4.69, 9.17) is 0 Å². The second-order valence-electron chi connectivity index (χ2n) is 5.94. The fraction of sp³-hybridized carbons (Fsp3) is 0.182. The van der Waals surface area contributed by atoms with E-state index in [9.17, 15) is 4.39 Å². The van der Waals surface area contributed by atoms with Crippen LogP contribution in [0.3, 0.4) is 0 Å². The largest absolute Gasteiger partial charge is 0.251 e. The highest BCUT2D eigenvalue weighted by Gasteiger charge is 2.44. The molecule has 0 fully saturated rings. The Morgan fingerprint density at radius 1 is 0.542 bits per heavy atom. The molecule has 0 radical (unpaired) electrons. The van der Waals surface area contributed by atoms with E-state index in [1.807, 2.05) is 0 Å². The monoisotopic (exact) mass is 337 g/mol. The van der Waals surface area contributed by atoms with Crippen molar-refractivity contribution >= 4 is 23.2 Å². The van der Waals surface area contributed by atoms with Crippen LogP contribution in [-0.2, 0) is 0 Å². The van der Waals surface area contributed by atoms with Gasteiger partial charge in [0.05, 0.1) is 12.8 Å². The molecule has 122 valence electrons. The molecule has 3 rings (SSSR count). The van der Waals surface area contributed by atoms with E-state index in [2.05, 4.69) is 91.0 Å². The van der Waals surface area contributed by atoms with Crippen LogP contribution in [0.2, 0.25) is 0 Å². The molecule has 0 aromatic heterocycles. The van der Waals surface area contributed by atoms with Crippen molar-refractivity contribution in [3.8, 4) is 0 Å². The van der Waals surface area contributed by atoms with E-state index in [1.54, 1.807) is 0 Å². The molecule has 3 aromatic rings. The summed E-state index contributed by atoms with van der Waals surface area (Å²) in [4.78, 5) is 0. The van der Waals surface area contributed by atoms with Crippen LogP contribution in [0.15, 0.2) is 91.0 Å². The van der Waals surface area contributed by atoms with Gasteiger partial charge in [-0.25, -0.2) is 0 Å². The summed E-state index contributed by atoms with van der Waals surface area (Å²) in [5, 5.41) is 4.13. The molecule has 0 saturated heterocycles. The zero-order valence-corrected chi connectivity index (χ0v) is 14.7. The number of benzene rings is 3. The number of hydrogen-bond acceptors (Lipinski definition) is 0. The highest BCUT2D eigenvalue weighted by atomic mass is 31.2. The van der Waals surface area contributed by atoms with E-state index < -0.39 is 7.26 Å². The summed E-state index contributed by atoms with van der Waals surface area (Å²) in [6, 6.07) is 32.3. The van der Waals surface area contributed by atoms with Gasteiger partial charge < -0.3 is 0 Å². The Morgan fingerprint density at radius 2 is 0.917 bits per heavy atom. The van der Waals surface area contributed by atoms with E-state index in [0.29, 0.717) is 6.42 Å². The van der Waals surface area contributed by atoms with Crippen molar-refractivity contribution in [2.75, 3.05) is 12.8 Å². The Balaban J connectivity index is 2.20. The number of hydrogen-bond donors (Lipinski definition) is 0. The second-order valence-corrected chi connectivity index (χ2v) is 9.55. The van der Waals surface area contributed by atoms with Gasteiger partial charge in [0.1, 0.15) is 23.2 Å². The Labute approximate surface area is 144 Å². The number of alkyl halides is 1. The van der Waals surface area contributed by atoms with Crippen LogP contribution in [-0.4, -0.2) is 12.8 Å². The van der Waals surface area contributed by atoms with Crippen LogP contribution < -0.4 is 15.9 Å². The van der Waals surface area contributed by atoms with Crippen LogP contribution in [0.1, 0.15) is 12.8 Å². The van der Waals surface area contributed by atoms with Gasteiger partial charge in [0, 0.05) is 0 Å². The molecule has 0 aliphatic rings. The van der Waals surface area contributed by atoms with Crippen molar-refractivity contribution in [3.05, 3.63) is 91.0 Å². The summed E-state index contributed by atoms with van der Waals surface area (Å²) in [6.07, 6.45) is 2.55. The van der Waals surface area contributed by atoms with Gasteiger partial charge in [0.2, 0.25) is 0 Å². The SMILES string of the molecule is FCCCC[P+](c1ccccc1)(c1ccccc1)c1ccccc1. The maximum atomic E-state index is 12.8. The summed E-state index contributed by atoms with van der Waals surface area (Å²) >= 11 is 0. The molecule has 0 bridgehead atoms. The Morgan fingerprint density at radius 3 is 1.25 bits per heavy atom. The third kappa shape index (κ3) is 3.42. The second kappa shape index (κ2) is 8.22. The van der Waals surface area contributed by atoms with E-state index in [-0.39, 0.29) is 6.67 Å². The molecule has 0 N–H and O–H groups in total. The third-order valence-corrected chi connectivity index (χ3v) is 8.99. The van der Waals surface area contributed by atoms with Crippen molar-refractivity contribution in [2.24, 2.45) is 0 Å². The van der Waals surface area contributed by atoms with Gasteiger partial charge in [0.25, 0.3) is 0 Å². The predicted molar refractivity (Wildman–Crippen MR) is 105 cm³/mol. The fourth-order valence-corrected chi connectivity index (χ4v) is 7.74. The van der Waals surface area contributed by atoms with Gasteiger partial charge in [-0.05, 0) is 49.2 Å². The topological polar surface area (TPSA) is 0 Å². The first-order valence-corrected chi connectivity index (χ1v) is 10.5. The van der Waals surface area contributed by atoms with E-state index >= 15 is 0 Å². The average molecular weight is 337 g/mol. The molecule has 0 spiro atoms. The summed E-state index contributed by atoms with van der Waals surface area (Å²) in [5.74, 6) is 0. The maximum absolute atomic E-state index is 12.8. The van der Waals surface area contributed by atoms with Crippen LogP contribution in [0.4, 0.5) is 4.39 Å². The third-order valence-electron chi connectivity index (χ3n) is 4.47. The van der Waals surface area contributed by atoms with Crippen molar-refractivity contribution in [1.29, 1.82) is 0 Å². The summed E-state index contributed by atoms with van der Waals surface area (Å²) < 4.78 is 12.8.